The number of thiophene rings is 1. The first-order valence-electron chi connectivity index (χ1n) is 4.60. The molecule has 0 N–H and O–H groups in total. The molecule has 74 valence electrons. The molecule has 0 spiro atoms. The molecule has 0 aliphatic rings. The Hall–Kier alpha value is 0.470. The highest BCUT2D eigenvalue weighted by Crippen LogP contribution is 2.24. The van der Waals surface area contributed by atoms with E-state index < -0.39 is 0 Å². The summed E-state index contributed by atoms with van der Waals surface area (Å²) in [5.74, 6) is 0. The zero-order chi connectivity index (χ0) is 9.68. The highest BCUT2D eigenvalue weighted by molar-refractivity contribution is 9.11. The average molecular weight is 282 g/mol. The van der Waals surface area contributed by atoms with E-state index in [2.05, 4.69) is 35.0 Å². The van der Waals surface area contributed by atoms with Crippen LogP contribution in [0.2, 0.25) is 0 Å². The SMILES string of the molecule is CCC(Cl)CCCc1ccc(Br)s1. The maximum atomic E-state index is 6.03. The van der Waals surface area contributed by atoms with Gasteiger partial charge < -0.3 is 0 Å². The van der Waals surface area contributed by atoms with Gasteiger partial charge in [0.05, 0.1) is 3.79 Å². The van der Waals surface area contributed by atoms with Crippen molar-refractivity contribution in [2.24, 2.45) is 0 Å². The van der Waals surface area contributed by atoms with Crippen molar-refractivity contribution in [2.75, 3.05) is 0 Å². The van der Waals surface area contributed by atoms with Crippen LogP contribution < -0.4 is 0 Å². The normalized spacial score (nSPS) is 13.2. The predicted octanol–water partition coefficient (Wildman–Crippen LogP) is 4.85. The van der Waals surface area contributed by atoms with E-state index in [1.807, 2.05) is 11.3 Å². The Labute approximate surface area is 97.4 Å². The lowest BCUT2D eigenvalue weighted by atomic mass is 10.1. The summed E-state index contributed by atoms with van der Waals surface area (Å²) in [7, 11) is 0. The Morgan fingerprint density at radius 1 is 1.54 bits per heavy atom. The first kappa shape index (κ1) is 11.5. The van der Waals surface area contributed by atoms with Crippen LogP contribution in [0.1, 0.15) is 31.1 Å². The third-order valence-corrected chi connectivity index (χ3v) is 4.22. The second-order valence-corrected chi connectivity index (χ2v) is 6.27. The van der Waals surface area contributed by atoms with Crippen molar-refractivity contribution >= 4 is 38.9 Å². The molecule has 0 bridgehead atoms. The Bertz CT molecular complexity index is 247. The number of aryl methyl sites for hydroxylation is 1. The van der Waals surface area contributed by atoms with Gasteiger partial charge in [0.1, 0.15) is 0 Å². The van der Waals surface area contributed by atoms with E-state index in [0.717, 1.165) is 12.8 Å². The van der Waals surface area contributed by atoms with Crippen molar-refractivity contribution in [3.05, 3.63) is 20.8 Å². The molecule has 3 heteroatoms. The Kier molecular flexibility index (Phi) is 5.37. The second kappa shape index (κ2) is 6.05. The van der Waals surface area contributed by atoms with Crippen molar-refractivity contribution < 1.29 is 0 Å². The molecule has 1 atom stereocenters. The van der Waals surface area contributed by atoms with Gasteiger partial charge in [-0.05, 0) is 53.7 Å². The summed E-state index contributed by atoms with van der Waals surface area (Å²) < 4.78 is 1.22. The van der Waals surface area contributed by atoms with Crippen LogP contribution in [0.5, 0.6) is 0 Å². The first-order valence-corrected chi connectivity index (χ1v) is 6.65. The van der Waals surface area contributed by atoms with Gasteiger partial charge >= 0.3 is 0 Å². The molecule has 1 unspecified atom stereocenters. The summed E-state index contributed by atoms with van der Waals surface area (Å²) in [5.41, 5.74) is 0. The van der Waals surface area contributed by atoms with E-state index >= 15 is 0 Å². The summed E-state index contributed by atoms with van der Waals surface area (Å²) in [5, 5.41) is 0.364. The second-order valence-electron chi connectivity index (χ2n) is 3.10. The molecule has 0 aliphatic heterocycles. The van der Waals surface area contributed by atoms with Crippen molar-refractivity contribution in [2.45, 2.75) is 38.0 Å². The van der Waals surface area contributed by atoms with Gasteiger partial charge in [0.15, 0.2) is 0 Å². The highest BCUT2D eigenvalue weighted by Gasteiger charge is 2.02. The minimum absolute atomic E-state index is 0.364. The first-order chi connectivity index (χ1) is 6.22. The maximum Gasteiger partial charge on any atom is 0.0701 e. The van der Waals surface area contributed by atoms with Gasteiger partial charge in [0, 0.05) is 10.3 Å². The molecule has 1 aromatic heterocycles. The van der Waals surface area contributed by atoms with E-state index in [0.29, 0.717) is 5.38 Å². The predicted molar refractivity (Wildman–Crippen MR) is 64.9 cm³/mol. The largest absolute Gasteiger partial charge is 0.133 e. The molecular weight excluding hydrogens is 268 g/mol. The summed E-state index contributed by atoms with van der Waals surface area (Å²) in [6.45, 7) is 2.14. The lowest BCUT2D eigenvalue weighted by Crippen LogP contribution is -1.96. The smallest absolute Gasteiger partial charge is 0.0701 e. The molecule has 0 aromatic carbocycles. The molecule has 0 saturated carbocycles. The van der Waals surface area contributed by atoms with Crippen molar-refractivity contribution in [1.82, 2.24) is 0 Å². The fourth-order valence-electron chi connectivity index (χ4n) is 1.19. The quantitative estimate of drug-likeness (QED) is 0.677. The molecule has 1 aromatic rings. The zero-order valence-electron chi connectivity index (χ0n) is 7.72. The van der Waals surface area contributed by atoms with Crippen LogP contribution in [0.3, 0.4) is 0 Å². The van der Waals surface area contributed by atoms with Crippen LogP contribution in [-0.4, -0.2) is 5.38 Å². The van der Waals surface area contributed by atoms with Gasteiger partial charge in [-0.1, -0.05) is 6.92 Å². The summed E-state index contributed by atoms with van der Waals surface area (Å²) in [6.07, 6.45) is 4.58. The molecule has 1 rings (SSSR count). The topological polar surface area (TPSA) is 0 Å². The maximum absolute atomic E-state index is 6.03. The van der Waals surface area contributed by atoms with Crippen LogP contribution in [-0.2, 0) is 6.42 Å². The number of rotatable bonds is 5. The van der Waals surface area contributed by atoms with E-state index in [-0.39, 0.29) is 0 Å². The third kappa shape index (κ3) is 4.48. The molecule has 0 saturated heterocycles. The summed E-state index contributed by atoms with van der Waals surface area (Å²) in [6, 6.07) is 4.29. The van der Waals surface area contributed by atoms with Crippen LogP contribution in [0.25, 0.3) is 0 Å². The summed E-state index contributed by atoms with van der Waals surface area (Å²) in [4.78, 5) is 1.45. The zero-order valence-corrected chi connectivity index (χ0v) is 10.9. The molecule has 0 amide bonds. The van der Waals surface area contributed by atoms with Crippen LogP contribution in [0.4, 0.5) is 0 Å². The highest BCUT2D eigenvalue weighted by atomic mass is 79.9. The minimum atomic E-state index is 0.364. The Morgan fingerprint density at radius 3 is 2.85 bits per heavy atom. The van der Waals surface area contributed by atoms with E-state index in [9.17, 15) is 0 Å². The number of alkyl halides is 1. The molecule has 1 heterocycles. The minimum Gasteiger partial charge on any atom is -0.133 e. The van der Waals surface area contributed by atoms with Gasteiger partial charge in [-0.3, -0.25) is 0 Å². The standard InChI is InChI=1S/C10H14BrClS/c1-2-8(12)4-3-5-9-6-7-10(11)13-9/h6-8H,2-5H2,1H3. The fourth-order valence-corrected chi connectivity index (χ4v) is 2.87. The summed E-state index contributed by atoms with van der Waals surface area (Å²) >= 11 is 11.3. The molecule has 0 nitrogen and oxygen atoms in total. The number of halogens is 2. The van der Waals surface area contributed by atoms with E-state index in [1.165, 1.54) is 21.5 Å². The van der Waals surface area contributed by atoms with Crippen LogP contribution in [0.15, 0.2) is 15.9 Å². The monoisotopic (exact) mass is 280 g/mol. The van der Waals surface area contributed by atoms with Crippen LogP contribution in [0, 0.1) is 0 Å². The average Bonchev–Trinajstić information content (AvgIpc) is 2.51. The molecule has 0 aliphatic carbocycles. The number of hydrogen-bond acceptors (Lipinski definition) is 1. The van der Waals surface area contributed by atoms with Gasteiger partial charge in [0.2, 0.25) is 0 Å². The fraction of sp³-hybridized carbons (Fsp3) is 0.600. The Morgan fingerprint density at radius 2 is 2.31 bits per heavy atom. The van der Waals surface area contributed by atoms with Gasteiger partial charge in [-0.25, -0.2) is 0 Å². The van der Waals surface area contributed by atoms with Crippen LogP contribution >= 0.6 is 38.9 Å². The molecule has 0 radical (unpaired) electrons. The molecule has 13 heavy (non-hydrogen) atoms. The van der Waals surface area contributed by atoms with E-state index in [1.54, 1.807) is 0 Å². The lowest BCUT2D eigenvalue weighted by molar-refractivity contribution is 0.678. The van der Waals surface area contributed by atoms with Gasteiger partial charge in [0.25, 0.3) is 0 Å². The van der Waals surface area contributed by atoms with Gasteiger partial charge in [-0.2, -0.15) is 0 Å². The lowest BCUT2D eigenvalue weighted by Gasteiger charge is -2.03. The van der Waals surface area contributed by atoms with Crippen molar-refractivity contribution in [1.29, 1.82) is 0 Å². The van der Waals surface area contributed by atoms with Crippen molar-refractivity contribution in [3.8, 4) is 0 Å². The van der Waals surface area contributed by atoms with Crippen molar-refractivity contribution in [3.63, 3.8) is 0 Å². The number of hydrogen-bond donors (Lipinski definition) is 0. The van der Waals surface area contributed by atoms with E-state index in [4.69, 9.17) is 11.6 Å². The molecule has 0 fully saturated rings. The molecular formula is C10H14BrClS. The third-order valence-electron chi connectivity index (χ3n) is 2.01. The Balaban J connectivity index is 2.20. The van der Waals surface area contributed by atoms with Gasteiger partial charge in [-0.15, -0.1) is 22.9 Å².